The first-order valence-corrected chi connectivity index (χ1v) is 6.91. The van der Waals surface area contributed by atoms with Crippen molar-refractivity contribution in [1.82, 2.24) is 10.2 Å². The summed E-state index contributed by atoms with van der Waals surface area (Å²) in [7, 11) is 1.73. The van der Waals surface area contributed by atoms with Crippen molar-refractivity contribution in [3.63, 3.8) is 0 Å². The van der Waals surface area contributed by atoms with Gasteiger partial charge < -0.3 is 10.1 Å². The topological polar surface area (TPSA) is 24.5 Å². The summed E-state index contributed by atoms with van der Waals surface area (Å²) in [6.07, 6.45) is 2.67. The number of benzene rings is 1. The third kappa shape index (κ3) is 3.24. The van der Waals surface area contributed by atoms with Gasteiger partial charge >= 0.3 is 0 Å². The first-order valence-electron chi connectivity index (χ1n) is 6.91. The van der Waals surface area contributed by atoms with E-state index in [1.807, 2.05) is 12.1 Å². The SMILES string of the molecule is CCN1CCC[C@H]1CNCc1ccccc1OC. The van der Waals surface area contributed by atoms with Gasteiger partial charge in [0, 0.05) is 24.7 Å². The molecule has 18 heavy (non-hydrogen) atoms. The van der Waals surface area contributed by atoms with E-state index in [4.69, 9.17) is 4.74 Å². The van der Waals surface area contributed by atoms with Crippen molar-refractivity contribution in [1.29, 1.82) is 0 Å². The molecule has 0 unspecified atom stereocenters. The number of likely N-dealkylation sites (tertiary alicyclic amines) is 1. The predicted molar refractivity (Wildman–Crippen MR) is 75.0 cm³/mol. The molecular weight excluding hydrogens is 224 g/mol. The fourth-order valence-electron chi connectivity index (χ4n) is 2.77. The van der Waals surface area contributed by atoms with E-state index in [9.17, 15) is 0 Å². The Hall–Kier alpha value is -1.06. The van der Waals surface area contributed by atoms with Gasteiger partial charge in [-0.25, -0.2) is 0 Å². The number of methoxy groups -OCH3 is 1. The van der Waals surface area contributed by atoms with Crippen molar-refractivity contribution in [2.45, 2.75) is 32.4 Å². The van der Waals surface area contributed by atoms with Crippen LogP contribution >= 0.6 is 0 Å². The molecule has 1 heterocycles. The van der Waals surface area contributed by atoms with Gasteiger partial charge in [0.05, 0.1) is 7.11 Å². The molecule has 0 radical (unpaired) electrons. The van der Waals surface area contributed by atoms with E-state index in [1.165, 1.54) is 31.5 Å². The molecule has 1 N–H and O–H groups in total. The third-order valence-corrected chi connectivity index (χ3v) is 3.79. The molecule has 3 nitrogen and oxygen atoms in total. The van der Waals surface area contributed by atoms with E-state index in [0.29, 0.717) is 6.04 Å². The highest BCUT2D eigenvalue weighted by Gasteiger charge is 2.22. The van der Waals surface area contributed by atoms with Crippen molar-refractivity contribution in [2.24, 2.45) is 0 Å². The van der Waals surface area contributed by atoms with Crippen LogP contribution in [0.1, 0.15) is 25.3 Å². The number of hydrogen-bond acceptors (Lipinski definition) is 3. The Kier molecular flexibility index (Phi) is 5.02. The molecule has 1 saturated heterocycles. The maximum Gasteiger partial charge on any atom is 0.123 e. The van der Waals surface area contributed by atoms with Crippen molar-refractivity contribution >= 4 is 0 Å². The smallest absolute Gasteiger partial charge is 0.123 e. The molecule has 1 atom stereocenters. The molecule has 1 aromatic rings. The molecule has 0 aromatic heterocycles. The van der Waals surface area contributed by atoms with E-state index in [0.717, 1.165) is 18.8 Å². The van der Waals surface area contributed by atoms with Gasteiger partial charge in [-0.2, -0.15) is 0 Å². The standard InChI is InChI=1S/C15H24N2O/c1-3-17-10-6-8-14(17)12-16-11-13-7-4-5-9-15(13)18-2/h4-5,7,9,14,16H,3,6,8,10-12H2,1-2H3/t14-/m0/s1. The number of rotatable bonds is 6. The minimum absolute atomic E-state index is 0.713. The quantitative estimate of drug-likeness (QED) is 0.836. The van der Waals surface area contributed by atoms with Crippen LogP contribution in [0.2, 0.25) is 0 Å². The van der Waals surface area contributed by atoms with Crippen LogP contribution in [0, 0.1) is 0 Å². The lowest BCUT2D eigenvalue weighted by Gasteiger charge is -2.23. The average Bonchev–Trinajstić information content (AvgIpc) is 2.87. The van der Waals surface area contributed by atoms with Crippen LogP contribution < -0.4 is 10.1 Å². The maximum atomic E-state index is 5.36. The van der Waals surface area contributed by atoms with Crippen molar-refractivity contribution in [3.05, 3.63) is 29.8 Å². The van der Waals surface area contributed by atoms with E-state index in [2.05, 4.69) is 29.3 Å². The van der Waals surface area contributed by atoms with Gasteiger partial charge in [0.1, 0.15) is 5.75 Å². The molecular formula is C15H24N2O. The molecule has 2 rings (SSSR count). The number of ether oxygens (including phenoxy) is 1. The summed E-state index contributed by atoms with van der Waals surface area (Å²) in [5, 5.41) is 3.56. The molecule has 0 aliphatic carbocycles. The van der Waals surface area contributed by atoms with Gasteiger partial charge in [0.25, 0.3) is 0 Å². The van der Waals surface area contributed by atoms with Crippen LogP contribution in [0.25, 0.3) is 0 Å². The summed E-state index contributed by atoms with van der Waals surface area (Å²) in [4.78, 5) is 2.56. The van der Waals surface area contributed by atoms with Gasteiger partial charge in [-0.3, -0.25) is 4.90 Å². The molecule has 0 saturated carbocycles. The predicted octanol–water partition coefficient (Wildman–Crippen LogP) is 2.27. The second-order valence-electron chi connectivity index (χ2n) is 4.87. The highest BCUT2D eigenvalue weighted by molar-refractivity contribution is 5.32. The lowest BCUT2D eigenvalue weighted by Crippen LogP contribution is -2.37. The maximum absolute atomic E-state index is 5.36. The summed E-state index contributed by atoms with van der Waals surface area (Å²) < 4.78 is 5.36. The van der Waals surface area contributed by atoms with E-state index < -0.39 is 0 Å². The number of nitrogens with one attached hydrogen (secondary N) is 1. The summed E-state index contributed by atoms with van der Waals surface area (Å²) in [6, 6.07) is 8.93. The molecule has 100 valence electrons. The Bertz CT molecular complexity index is 367. The summed E-state index contributed by atoms with van der Waals surface area (Å²) in [6.45, 7) is 6.64. The summed E-state index contributed by atoms with van der Waals surface area (Å²) >= 11 is 0. The van der Waals surface area contributed by atoms with Crippen molar-refractivity contribution in [2.75, 3.05) is 26.7 Å². The van der Waals surface area contributed by atoms with Crippen LogP contribution in [-0.2, 0) is 6.54 Å². The second-order valence-corrected chi connectivity index (χ2v) is 4.87. The van der Waals surface area contributed by atoms with E-state index >= 15 is 0 Å². The molecule has 0 spiro atoms. The average molecular weight is 248 g/mol. The largest absolute Gasteiger partial charge is 0.496 e. The first-order chi connectivity index (χ1) is 8.85. The molecule has 1 aromatic carbocycles. The van der Waals surface area contributed by atoms with Crippen molar-refractivity contribution in [3.8, 4) is 5.75 Å². The van der Waals surface area contributed by atoms with E-state index in [-0.39, 0.29) is 0 Å². The molecule has 3 heteroatoms. The Labute approximate surface area is 110 Å². The fourth-order valence-corrected chi connectivity index (χ4v) is 2.77. The Morgan fingerprint density at radius 3 is 3.00 bits per heavy atom. The number of para-hydroxylation sites is 1. The molecule has 0 bridgehead atoms. The zero-order chi connectivity index (χ0) is 12.8. The van der Waals surface area contributed by atoms with Gasteiger partial charge in [-0.1, -0.05) is 25.1 Å². The zero-order valence-corrected chi connectivity index (χ0v) is 11.5. The Morgan fingerprint density at radius 1 is 1.39 bits per heavy atom. The van der Waals surface area contributed by atoms with Crippen molar-refractivity contribution < 1.29 is 4.74 Å². The highest BCUT2D eigenvalue weighted by atomic mass is 16.5. The van der Waals surface area contributed by atoms with Gasteiger partial charge in [-0.15, -0.1) is 0 Å². The molecule has 1 aliphatic heterocycles. The monoisotopic (exact) mass is 248 g/mol. The third-order valence-electron chi connectivity index (χ3n) is 3.79. The van der Waals surface area contributed by atoms with Crippen LogP contribution in [-0.4, -0.2) is 37.7 Å². The fraction of sp³-hybridized carbons (Fsp3) is 0.600. The van der Waals surface area contributed by atoms with E-state index in [1.54, 1.807) is 7.11 Å². The number of hydrogen-bond donors (Lipinski definition) is 1. The van der Waals surface area contributed by atoms with Gasteiger partial charge in [0.2, 0.25) is 0 Å². The minimum Gasteiger partial charge on any atom is -0.496 e. The van der Waals surface area contributed by atoms with Crippen LogP contribution in [0.15, 0.2) is 24.3 Å². The number of nitrogens with zero attached hydrogens (tertiary/aromatic N) is 1. The number of likely N-dealkylation sites (N-methyl/N-ethyl adjacent to an activating group) is 1. The Balaban J connectivity index is 1.81. The first kappa shape index (κ1) is 13.4. The van der Waals surface area contributed by atoms with Crippen LogP contribution in [0.4, 0.5) is 0 Å². The zero-order valence-electron chi connectivity index (χ0n) is 11.5. The summed E-state index contributed by atoms with van der Waals surface area (Å²) in [5.74, 6) is 0.976. The second kappa shape index (κ2) is 6.76. The Morgan fingerprint density at radius 2 is 2.22 bits per heavy atom. The highest BCUT2D eigenvalue weighted by Crippen LogP contribution is 2.18. The molecule has 1 fully saturated rings. The minimum atomic E-state index is 0.713. The van der Waals surface area contributed by atoms with Crippen LogP contribution in [0.3, 0.4) is 0 Å². The lowest BCUT2D eigenvalue weighted by molar-refractivity contribution is 0.259. The van der Waals surface area contributed by atoms with Crippen LogP contribution in [0.5, 0.6) is 5.75 Å². The molecule has 0 amide bonds. The normalized spacial score (nSPS) is 20.2. The molecule has 1 aliphatic rings. The summed E-state index contributed by atoms with van der Waals surface area (Å²) in [5.41, 5.74) is 1.24. The lowest BCUT2D eigenvalue weighted by atomic mass is 10.2. The van der Waals surface area contributed by atoms with Gasteiger partial charge in [0.15, 0.2) is 0 Å². The van der Waals surface area contributed by atoms with Gasteiger partial charge in [-0.05, 0) is 32.0 Å².